The number of halogens is 3. The lowest BCUT2D eigenvalue weighted by atomic mass is 10.1. The highest BCUT2D eigenvalue weighted by Gasteiger charge is 2.31. The van der Waals surface area contributed by atoms with Gasteiger partial charge in [0.15, 0.2) is 5.82 Å². The maximum absolute atomic E-state index is 12.9. The van der Waals surface area contributed by atoms with Crippen LogP contribution in [0.25, 0.3) is 22.3 Å². The highest BCUT2D eigenvalue weighted by atomic mass is 32.2. The van der Waals surface area contributed by atoms with Gasteiger partial charge in [-0.25, -0.2) is 23.1 Å². The Morgan fingerprint density at radius 1 is 0.882 bits per heavy atom. The van der Waals surface area contributed by atoms with E-state index in [9.17, 15) is 21.6 Å². The number of alkyl halides is 3. The monoisotopic (exact) mass is 486 g/mol. The highest BCUT2D eigenvalue weighted by molar-refractivity contribution is 7.89. The van der Waals surface area contributed by atoms with Crippen molar-refractivity contribution in [2.75, 3.05) is 18.4 Å². The molecule has 4 aromatic rings. The van der Waals surface area contributed by atoms with Crippen molar-refractivity contribution in [3.63, 3.8) is 0 Å². The number of anilines is 1. The summed E-state index contributed by atoms with van der Waals surface area (Å²) in [5, 5.41) is 3.87. The number of rotatable bonds is 7. The third kappa shape index (κ3) is 5.35. The number of aryl methyl sites for hydroxylation is 1. The van der Waals surface area contributed by atoms with Crippen LogP contribution in [0.15, 0.2) is 77.7 Å². The normalized spacial score (nSPS) is 12.1. The average molecular weight is 487 g/mol. The van der Waals surface area contributed by atoms with E-state index in [1.807, 2.05) is 55.5 Å². The van der Waals surface area contributed by atoms with Gasteiger partial charge in [-0.15, -0.1) is 0 Å². The van der Waals surface area contributed by atoms with Crippen LogP contribution in [0.2, 0.25) is 0 Å². The van der Waals surface area contributed by atoms with Crippen LogP contribution in [0, 0.1) is 6.92 Å². The van der Waals surface area contributed by atoms with E-state index in [1.54, 1.807) is 0 Å². The Morgan fingerprint density at radius 2 is 1.62 bits per heavy atom. The standard InChI is InChI=1S/C24H21F3N4O2S/c1-16-9-11-17(12-10-16)22-30-21-8-3-2-7-20(21)23(31-22)28-13-14-29-34(32,33)19-6-4-5-18(15-19)24(25,26)27/h2-12,15,29H,13-14H2,1H3,(H,28,30,31). The molecule has 1 aromatic heterocycles. The van der Waals surface area contributed by atoms with E-state index in [2.05, 4.69) is 20.0 Å². The van der Waals surface area contributed by atoms with Gasteiger partial charge in [-0.3, -0.25) is 0 Å². The molecule has 0 amide bonds. The van der Waals surface area contributed by atoms with Gasteiger partial charge in [-0.2, -0.15) is 13.2 Å². The first kappa shape index (κ1) is 23.7. The van der Waals surface area contributed by atoms with Gasteiger partial charge in [0, 0.05) is 24.0 Å². The third-order valence-electron chi connectivity index (χ3n) is 5.09. The van der Waals surface area contributed by atoms with E-state index in [1.165, 1.54) is 0 Å². The minimum Gasteiger partial charge on any atom is -0.368 e. The molecular formula is C24H21F3N4O2S. The van der Waals surface area contributed by atoms with E-state index >= 15 is 0 Å². The summed E-state index contributed by atoms with van der Waals surface area (Å²) in [7, 11) is -4.12. The fraction of sp³-hybridized carbons (Fsp3) is 0.167. The number of hydrogen-bond donors (Lipinski definition) is 2. The van der Waals surface area contributed by atoms with Crippen molar-refractivity contribution in [1.29, 1.82) is 0 Å². The van der Waals surface area contributed by atoms with Crippen molar-refractivity contribution in [3.05, 3.63) is 83.9 Å². The second-order valence-corrected chi connectivity index (χ2v) is 9.40. The first-order valence-corrected chi connectivity index (χ1v) is 11.9. The van der Waals surface area contributed by atoms with Gasteiger partial charge < -0.3 is 5.32 Å². The molecule has 0 radical (unpaired) electrons. The molecule has 0 fully saturated rings. The van der Waals surface area contributed by atoms with E-state index in [4.69, 9.17) is 0 Å². The van der Waals surface area contributed by atoms with Gasteiger partial charge in [0.05, 0.1) is 16.0 Å². The molecule has 0 aliphatic rings. The summed E-state index contributed by atoms with van der Waals surface area (Å²) in [6.45, 7) is 2.09. The number of nitrogens with one attached hydrogen (secondary N) is 2. The highest BCUT2D eigenvalue weighted by Crippen LogP contribution is 2.30. The molecule has 0 spiro atoms. The molecule has 0 bridgehead atoms. The number of hydrogen-bond acceptors (Lipinski definition) is 5. The quantitative estimate of drug-likeness (QED) is 0.359. The SMILES string of the molecule is Cc1ccc(-c2nc(NCCNS(=O)(=O)c3cccc(C(F)(F)F)c3)c3ccccc3n2)cc1. The largest absolute Gasteiger partial charge is 0.416 e. The number of para-hydroxylation sites is 1. The predicted molar refractivity (Wildman–Crippen MR) is 125 cm³/mol. The number of fused-ring (bicyclic) bond motifs is 1. The molecule has 2 N–H and O–H groups in total. The van der Waals surface area contributed by atoms with Gasteiger partial charge in [-0.05, 0) is 37.3 Å². The molecule has 3 aromatic carbocycles. The van der Waals surface area contributed by atoms with Crippen LogP contribution < -0.4 is 10.0 Å². The Bertz CT molecular complexity index is 1420. The molecule has 0 atom stereocenters. The molecule has 0 aliphatic heterocycles. The van der Waals surface area contributed by atoms with Crippen molar-refractivity contribution in [3.8, 4) is 11.4 Å². The maximum atomic E-state index is 12.9. The van der Waals surface area contributed by atoms with Crippen molar-refractivity contribution < 1.29 is 21.6 Å². The third-order valence-corrected chi connectivity index (χ3v) is 6.55. The van der Waals surface area contributed by atoms with Crippen molar-refractivity contribution in [2.45, 2.75) is 18.0 Å². The predicted octanol–water partition coefficient (Wildman–Crippen LogP) is 5.01. The van der Waals surface area contributed by atoms with Gasteiger partial charge in [0.2, 0.25) is 10.0 Å². The molecule has 10 heteroatoms. The summed E-state index contributed by atoms with van der Waals surface area (Å²) in [6, 6.07) is 18.8. The van der Waals surface area contributed by atoms with Crippen LogP contribution in [0.5, 0.6) is 0 Å². The zero-order valence-corrected chi connectivity index (χ0v) is 18.9. The summed E-state index contributed by atoms with van der Waals surface area (Å²) < 4.78 is 66.0. The zero-order valence-electron chi connectivity index (χ0n) is 18.1. The lowest BCUT2D eigenvalue weighted by molar-refractivity contribution is -0.137. The van der Waals surface area contributed by atoms with Crippen LogP contribution in [-0.4, -0.2) is 31.5 Å². The van der Waals surface area contributed by atoms with Crippen molar-refractivity contribution in [2.24, 2.45) is 0 Å². The first-order valence-electron chi connectivity index (χ1n) is 10.4. The average Bonchev–Trinajstić information content (AvgIpc) is 2.81. The van der Waals surface area contributed by atoms with Crippen LogP contribution in [0.3, 0.4) is 0 Å². The minimum atomic E-state index is -4.63. The van der Waals surface area contributed by atoms with Gasteiger partial charge in [0.25, 0.3) is 0 Å². The molecule has 176 valence electrons. The molecule has 0 unspecified atom stereocenters. The zero-order chi connectivity index (χ0) is 24.3. The topological polar surface area (TPSA) is 84.0 Å². The first-order chi connectivity index (χ1) is 16.1. The lowest BCUT2D eigenvalue weighted by Gasteiger charge is -2.13. The van der Waals surface area contributed by atoms with Crippen molar-refractivity contribution in [1.82, 2.24) is 14.7 Å². The lowest BCUT2D eigenvalue weighted by Crippen LogP contribution is -2.29. The van der Waals surface area contributed by atoms with Crippen LogP contribution >= 0.6 is 0 Å². The van der Waals surface area contributed by atoms with Crippen LogP contribution in [0.4, 0.5) is 19.0 Å². The van der Waals surface area contributed by atoms with Gasteiger partial charge in [0.1, 0.15) is 5.82 Å². The summed E-state index contributed by atoms with van der Waals surface area (Å²) in [4.78, 5) is 8.78. The van der Waals surface area contributed by atoms with Crippen molar-refractivity contribution >= 4 is 26.7 Å². The van der Waals surface area contributed by atoms with E-state index in [0.717, 1.165) is 40.2 Å². The fourth-order valence-electron chi connectivity index (χ4n) is 3.33. The summed E-state index contributed by atoms with van der Waals surface area (Å²) >= 11 is 0. The summed E-state index contributed by atoms with van der Waals surface area (Å²) in [5.41, 5.74) is 1.64. The molecule has 34 heavy (non-hydrogen) atoms. The van der Waals surface area contributed by atoms with Gasteiger partial charge in [-0.1, -0.05) is 48.0 Å². The Labute approximate surface area is 194 Å². The second kappa shape index (κ2) is 9.40. The smallest absolute Gasteiger partial charge is 0.368 e. The molecule has 4 rings (SSSR count). The molecule has 1 heterocycles. The summed E-state index contributed by atoms with van der Waals surface area (Å²) in [6.07, 6.45) is -4.63. The molecular weight excluding hydrogens is 465 g/mol. The molecule has 0 saturated heterocycles. The number of sulfonamides is 1. The Kier molecular flexibility index (Phi) is 6.54. The fourth-order valence-corrected chi connectivity index (χ4v) is 4.41. The second-order valence-electron chi connectivity index (χ2n) is 7.63. The summed E-state index contributed by atoms with van der Waals surface area (Å²) in [5.74, 6) is 1.05. The number of nitrogens with zero attached hydrogens (tertiary/aromatic N) is 2. The van der Waals surface area contributed by atoms with E-state index in [0.29, 0.717) is 17.7 Å². The van der Waals surface area contributed by atoms with Gasteiger partial charge >= 0.3 is 6.18 Å². The van der Waals surface area contributed by atoms with E-state index < -0.39 is 26.7 Å². The molecule has 6 nitrogen and oxygen atoms in total. The van der Waals surface area contributed by atoms with Crippen LogP contribution in [0.1, 0.15) is 11.1 Å². The minimum absolute atomic E-state index is 0.0588. The Balaban J connectivity index is 1.50. The molecule has 0 saturated carbocycles. The maximum Gasteiger partial charge on any atom is 0.416 e. The number of aromatic nitrogens is 2. The van der Waals surface area contributed by atoms with Crippen LogP contribution in [-0.2, 0) is 16.2 Å². The molecule has 0 aliphatic carbocycles. The van der Waals surface area contributed by atoms with E-state index in [-0.39, 0.29) is 13.1 Å². The Morgan fingerprint density at radius 3 is 2.35 bits per heavy atom. The Hall–Kier alpha value is -3.50. The number of benzene rings is 3.